The average molecular weight is 300 g/mol. The summed E-state index contributed by atoms with van der Waals surface area (Å²) >= 11 is 4.48. The van der Waals surface area contributed by atoms with E-state index in [1.807, 2.05) is 0 Å². The number of rotatable bonds is 2. The predicted octanol–water partition coefficient (Wildman–Crippen LogP) is 3.11. The number of aromatic nitrogens is 2. The molecule has 2 rings (SSSR count). The Morgan fingerprint density at radius 2 is 2.19 bits per heavy atom. The molecule has 82 valence electrons. The Kier molecular flexibility index (Phi) is 3.40. The Hall–Kier alpha value is -1.14. The van der Waals surface area contributed by atoms with E-state index in [0.717, 1.165) is 9.92 Å². The van der Waals surface area contributed by atoms with Gasteiger partial charge in [-0.05, 0) is 34.1 Å². The normalized spacial score (nSPS) is 10.4. The highest BCUT2D eigenvalue weighted by Crippen LogP contribution is 2.33. The van der Waals surface area contributed by atoms with Crippen LogP contribution >= 0.6 is 27.7 Å². The van der Waals surface area contributed by atoms with E-state index in [1.165, 1.54) is 24.2 Å². The standard InChI is InChI=1S/C10H7BrFN3S/c11-6-3-9(8(13)4-7(6)12)16-10-1-2-14-5-15-10/h1-5H,13H2. The Balaban J connectivity index is 2.32. The molecule has 1 aromatic heterocycles. The molecule has 0 saturated heterocycles. The fraction of sp³-hybridized carbons (Fsp3) is 0. The van der Waals surface area contributed by atoms with Crippen molar-refractivity contribution in [2.45, 2.75) is 9.92 Å². The number of anilines is 1. The highest BCUT2D eigenvalue weighted by Gasteiger charge is 2.07. The summed E-state index contributed by atoms with van der Waals surface area (Å²) in [6, 6.07) is 4.69. The van der Waals surface area contributed by atoms with E-state index in [2.05, 4.69) is 25.9 Å². The number of halogens is 2. The number of nitrogens with zero attached hydrogens (tertiary/aromatic N) is 2. The number of benzene rings is 1. The monoisotopic (exact) mass is 299 g/mol. The van der Waals surface area contributed by atoms with Gasteiger partial charge in [0, 0.05) is 16.8 Å². The molecule has 6 heteroatoms. The van der Waals surface area contributed by atoms with Crippen molar-refractivity contribution in [2.75, 3.05) is 5.73 Å². The second-order valence-electron chi connectivity index (χ2n) is 2.95. The average Bonchev–Trinajstić information content (AvgIpc) is 2.27. The summed E-state index contributed by atoms with van der Waals surface area (Å²) in [5.41, 5.74) is 6.11. The van der Waals surface area contributed by atoms with Gasteiger partial charge in [-0.25, -0.2) is 14.4 Å². The largest absolute Gasteiger partial charge is 0.398 e. The minimum absolute atomic E-state index is 0.371. The summed E-state index contributed by atoms with van der Waals surface area (Å²) in [7, 11) is 0. The van der Waals surface area contributed by atoms with Crippen molar-refractivity contribution in [1.29, 1.82) is 0 Å². The Morgan fingerprint density at radius 1 is 1.38 bits per heavy atom. The van der Waals surface area contributed by atoms with Crippen molar-refractivity contribution >= 4 is 33.4 Å². The zero-order valence-electron chi connectivity index (χ0n) is 8.02. The van der Waals surface area contributed by atoms with Crippen LogP contribution in [0.5, 0.6) is 0 Å². The number of nitrogens with two attached hydrogens (primary N) is 1. The quantitative estimate of drug-likeness (QED) is 0.684. The molecule has 1 heterocycles. The molecular formula is C10H7BrFN3S. The maximum absolute atomic E-state index is 13.1. The van der Waals surface area contributed by atoms with E-state index in [0.29, 0.717) is 10.2 Å². The highest BCUT2D eigenvalue weighted by molar-refractivity contribution is 9.10. The second-order valence-corrected chi connectivity index (χ2v) is 4.87. The van der Waals surface area contributed by atoms with Crippen molar-refractivity contribution in [3.05, 3.63) is 41.0 Å². The zero-order valence-corrected chi connectivity index (χ0v) is 10.4. The molecule has 16 heavy (non-hydrogen) atoms. The van der Waals surface area contributed by atoms with Crippen LogP contribution in [0.3, 0.4) is 0 Å². The minimum Gasteiger partial charge on any atom is -0.398 e. The van der Waals surface area contributed by atoms with Crippen LogP contribution in [0.25, 0.3) is 0 Å². The molecule has 0 bridgehead atoms. The molecular weight excluding hydrogens is 293 g/mol. The molecule has 0 atom stereocenters. The van der Waals surface area contributed by atoms with Crippen molar-refractivity contribution in [3.8, 4) is 0 Å². The van der Waals surface area contributed by atoms with Gasteiger partial charge in [-0.15, -0.1) is 0 Å². The topological polar surface area (TPSA) is 51.8 Å². The first kappa shape index (κ1) is 11.3. The number of nitrogen functional groups attached to an aromatic ring is 1. The van der Waals surface area contributed by atoms with Crippen LogP contribution in [0.2, 0.25) is 0 Å². The molecule has 0 radical (unpaired) electrons. The third-order valence-corrected chi connectivity index (χ3v) is 3.45. The molecule has 2 aromatic rings. The molecule has 1 aromatic carbocycles. The summed E-state index contributed by atoms with van der Waals surface area (Å²) in [5, 5.41) is 0.764. The van der Waals surface area contributed by atoms with Gasteiger partial charge in [0.15, 0.2) is 0 Å². The lowest BCUT2D eigenvalue weighted by Gasteiger charge is -2.05. The lowest BCUT2D eigenvalue weighted by atomic mass is 10.3. The number of hydrogen-bond donors (Lipinski definition) is 1. The molecule has 0 aliphatic rings. The van der Waals surface area contributed by atoms with Gasteiger partial charge in [0.1, 0.15) is 17.2 Å². The lowest BCUT2D eigenvalue weighted by Crippen LogP contribution is -1.91. The van der Waals surface area contributed by atoms with E-state index in [9.17, 15) is 4.39 Å². The van der Waals surface area contributed by atoms with Gasteiger partial charge >= 0.3 is 0 Å². The molecule has 0 aliphatic carbocycles. The first-order valence-electron chi connectivity index (χ1n) is 4.35. The molecule has 0 unspecified atom stereocenters. The van der Waals surface area contributed by atoms with E-state index < -0.39 is 0 Å². The maximum Gasteiger partial charge on any atom is 0.139 e. The summed E-state index contributed by atoms with van der Waals surface area (Å²) in [4.78, 5) is 8.63. The molecule has 0 spiro atoms. The first-order valence-corrected chi connectivity index (χ1v) is 5.96. The summed E-state index contributed by atoms with van der Waals surface area (Å²) < 4.78 is 13.5. The predicted molar refractivity (Wildman–Crippen MR) is 64.7 cm³/mol. The first-order chi connectivity index (χ1) is 7.66. The van der Waals surface area contributed by atoms with Crippen molar-refractivity contribution in [3.63, 3.8) is 0 Å². The summed E-state index contributed by atoms with van der Waals surface area (Å²) in [6.45, 7) is 0. The van der Waals surface area contributed by atoms with Gasteiger partial charge < -0.3 is 5.73 Å². The Bertz CT molecular complexity index is 507. The van der Waals surface area contributed by atoms with Crippen LogP contribution < -0.4 is 5.73 Å². The summed E-state index contributed by atoms with van der Waals surface area (Å²) in [5.74, 6) is -0.371. The second kappa shape index (κ2) is 4.80. The third kappa shape index (κ3) is 2.51. The van der Waals surface area contributed by atoms with E-state index in [4.69, 9.17) is 5.73 Å². The maximum atomic E-state index is 13.1. The van der Waals surface area contributed by atoms with Gasteiger partial charge in [0.2, 0.25) is 0 Å². The molecule has 3 nitrogen and oxygen atoms in total. The van der Waals surface area contributed by atoms with E-state index >= 15 is 0 Å². The lowest BCUT2D eigenvalue weighted by molar-refractivity contribution is 0.620. The van der Waals surface area contributed by atoms with E-state index in [1.54, 1.807) is 18.3 Å². The van der Waals surface area contributed by atoms with Crippen LogP contribution in [0.4, 0.5) is 10.1 Å². The Labute approximate surface area is 104 Å². The third-order valence-electron chi connectivity index (χ3n) is 1.82. The van der Waals surface area contributed by atoms with Crippen LogP contribution in [0.15, 0.2) is 45.1 Å². The molecule has 2 N–H and O–H groups in total. The highest BCUT2D eigenvalue weighted by atomic mass is 79.9. The van der Waals surface area contributed by atoms with Crippen LogP contribution in [-0.2, 0) is 0 Å². The Morgan fingerprint density at radius 3 is 2.88 bits per heavy atom. The van der Waals surface area contributed by atoms with Crippen molar-refractivity contribution in [1.82, 2.24) is 9.97 Å². The van der Waals surface area contributed by atoms with Gasteiger partial charge in [-0.1, -0.05) is 11.8 Å². The van der Waals surface area contributed by atoms with Gasteiger partial charge in [0.05, 0.1) is 4.47 Å². The smallest absolute Gasteiger partial charge is 0.139 e. The van der Waals surface area contributed by atoms with Gasteiger partial charge in [-0.3, -0.25) is 0 Å². The van der Waals surface area contributed by atoms with Crippen molar-refractivity contribution < 1.29 is 4.39 Å². The molecule has 0 amide bonds. The number of hydrogen-bond acceptors (Lipinski definition) is 4. The zero-order chi connectivity index (χ0) is 11.5. The van der Waals surface area contributed by atoms with Crippen LogP contribution in [0.1, 0.15) is 0 Å². The van der Waals surface area contributed by atoms with Gasteiger partial charge in [0.25, 0.3) is 0 Å². The van der Waals surface area contributed by atoms with Gasteiger partial charge in [-0.2, -0.15) is 0 Å². The fourth-order valence-corrected chi connectivity index (χ4v) is 2.39. The van der Waals surface area contributed by atoms with Crippen molar-refractivity contribution in [2.24, 2.45) is 0 Å². The van der Waals surface area contributed by atoms with Crippen LogP contribution in [-0.4, -0.2) is 9.97 Å². The summed E-state index contributed by atoms with van der Waals surface area (Å²) in [6.07, 6.45) is 3.10. The molecule has 0 fully saturated rings. The molecule has 0 aliphatic heterocycles. The van der Waals surface area contributed by atoms with E-state index in [-0.39, 0.29) is 5.82 Å². The van der Waals surface area contributed by atoms with Crippen LogP contribution in [0, 0.1) is 5.82 Å². The molecule has 0 saturated carbocycles. The fourth-order valence-electron chi connectivity index (χ4n) is 1.08. The SMILES string of the molecule is Nc1cc(F)c(Br)cc1Sc1ccncn1. The minimum atomic E-state index is -0.371.